The van der Waals surface area contributed by atoms with Crippen molar-refractivity contribution < 1.29 is 43.4 Å². The lowest BCUT2D eigenvalue weighted by molar-refractivity contribution is -0.348. The van der Waals surface area contributed by atoms with Crippen LogP contribution in [0.15, 0.2) is 0 Å². The second-order valence-electron chi connectivity index (χ2n) is 5.90. The maximum absolute atomic E-state index is 10.2. The third-order valence-corrected chi connectivity index (χ3v) is 4.57. The summed E-state index contributed by atoms with van der Waals surface area (Å²) in [7, 11) is 5.95. The summed E-state index contributed by atoms with van der Waals surface area (Å²) in [6.45, 7) is 1.87. The van der Waals surface area contributed by atoms with E-state index in [2.05, 4.69) is 0 Å². The Labute approximate surface area is 141 Å². The molecular formula is C15H28O9. The number of aliphatic hydroxyl groups excluding tert-OH is 2. The van der Waals surface area contributed by atoms with Crippen LogP contribution in [0.1, 0.15) is 6.92 Å². The van der Waals surface area contributed by atoms with E-state index in [1.807, 2.05) is 0 Å². The number of methoxy groups -OCH3 is 4. The molecule has 2 aliphatic heterocycles. The first-order valence-corrected chi connectivity index (χ1v) is 7.88. The molecule has 9 nitrogen and oxygen atoms in total. The molecule has 2 heterocycles. The lowest BCUT2D eigenvalue weighted by atomic mass is 9.98. The molecule has 0 aromatic carbocycles. The summed E-state index contributed by atoms with van der Waals surface area (Å²) < 4.78 is 38.5. The van der Waals surface area contributed by atoms with E-state index >= 15 is 0 Å². The molecule has 2 N–H and O–H groups in total. The van der Waals surface area contributed by atoms with Crippen LogP contribution in [0, 0.1) is 0 Å². The zero-order chi connectivity index (χ0) is 17.9. The molecule has 0 radical (unpaired) electrons. The molecule has 24 heavy (non-hydrogen) atoms. The van der Waals surface area contributed by atoms with E-state index in [-0.39, 0.29) is 6.61 Å². The van der Waals surface area contributed by atoms with Gasteiger partial charge in [0.1, 0.15) is 36.6 Å². The summed E-state index contributed by atoms with van der Waals surface area (Å²) in [6.07, 6.45) is -6.47. The van der Waals surface area contributed by atoms with Crippen LogP contribution < -0.4 is 0 Å². The molecule has 1 unspecified atom stereocenters. The van der Waals surface area contributed by atoms with Gasteiger partial charge in [-0.05, 0) is 6.92 Å². The minimum absolute atomic E-state index is 0.151. The van der Waals surface area contributed by atoms with Crippen molar-refractivity contribution in [3.8, 4) is 0 Å². The highest BCUT2D eigenvalue weighted by Gasteiger charge is 2.49. The molecule has 0 amide bonds. The van der Waals surface area contributed by atoms with E-state index in [0.717, 1.165) is 0 Å². The van der Waals surface area contributed by atoms with E-state index in [1.165, 1.54) is 28.4 Å². The second-order valence-corrected chi connectivity index (χ2v) is 5.90. The summed E-state index contributed by atoms with van der Waals surface area (Å²) in [6, 6.07) is 0. The average Bonchev–Trinajstić information content (AvgIpc) is 2.58. The molecule has 0 aromatic rings. The smallest absolute Gasteiger partial charge is 0.187 e. The molecule has 2 rings (SSSR count). The van der Waals surface area contributed by atoms with Gasteiger partial charge in [0.2, 0.25) is 0 Å². The highest BCUT2D eigenvalue weighted by atomic mass is 16.7. The predicted octanol–water partition coefficient (Wildman–Crippen LogP) is -1.11. The maximum Gasteiger partial charge on any atom is 0.187 e. The van der Waals surface area contributed by atoms with Gasteiger partial charge < -0.3 is 43.4 Å². The Kier molecular flexibility index (Phi) is 7.35. The Morgan fingerprint density at radius 2 is 1.46 bits per heavy atom. The number of hydrogen-bond acceptors (Lipinski definition) is 9. The van der Waals surface area contributed by atoms with Crippen LogP contribution in [-0.2, 0) is 33.2 Å². The van der Waals surface area contributed by atoms with Crippen molar-refractivity contribution >= 4 is 0 Å². The van der Waals surface area contributed by atoms with Gasteiger partial charge in [-0.1, -0.05) is 0 Å². The zero-order valence-corrected chi connectivity index (χ0v) is 14.7. The number of ether oxygens (including phenoxy) is 7. The summed E-state index contributed by atoms with van der Waals surface area (Å²) in [4.78, 5) is 0. The second kappa shape index (κ2) is 8.84. The van der Waals surface area contributed by atoms with Crippen LogP contribution in [0.5, 0.6) is 0 Å². The Hall–Kier alpha value is -0.360. The highest BCUT2D eigenvalue weighted by molar-refractivity contribution is 4.92. The molecular weight excluding hydrogens is 324 g/mol. The van der Waals surface area contributed by atoms with E-state index in [0.29, 0.717) is 0 Å². The van der Waals surface area contributed by atoms with Crippen LogP contribution in [0.3, 0.4) is 0 Å². The van der Waals surface area contributed by atoms with Crippen molar-refractivity contribution in [2.24, 2.45) is 0 Å². The molecule has 2 fully saturated rings. The first-order chi connectivity index (χ1) is 11.5. The van der Waals surface area contributed by atoms with Gasteiger partial charge in [0.15, 0.2) is 12.6 Å². The lowest BCUT2D eigenvalue weighted by Gasteiger charge is -2.46. The molecule has 2 saturated heterocycles. The third-order valence-electron chi connectivity index (χ3n) is 4.57. The normalized spacial score (nSPS) is 46.9. The van der Waals surface area contributed by atoms with Gasteiger partial charge in [-0.3, -0.25) is 0 Å². The van der Waals surface area contributed by atoms with Gasteiger partial charge in [0.05, 0.1) is 12.7 Å². The Bertz CT molecular complexity index is 382. The maximum atomic E-state index is 10.2. The van der Waals surface area contributed by atoms with Crippen LogP contribution in [0.25, 0.3) is 0 Å². The van der Waals surface area contributed by atoms with Crippen molar-refractivity contribution in [2.75, 3.05) is 35.0 Å². The largest absolute Gasteiger partial charge is 0.388 e. The Morgan fingerprint density at radius 3 is 2.00 bits per heavy atom. The molecule has 0 saturated carbocycles. The number of hydrogen-bond donors (Lipinski definition) is 2. The van der Waals surface area contributed by atoms with Gasteiger partial charge >= 0.3 is 0 Å². The topological polar surface area (TPSA) is 105 Å². The molecule has 0 spiro atoms. The fourth-order valence-corrected chi connectivity index (χ4v) is 3.14. The van der Waals surface area contributed by atoms with Crippen molar-refractivity contribution in [2.45, 2.75) is 62.2 Å². The molecule has 0 aliphatic carbocycles. The van der Waals surface area contributed by atoms with Gasteiger partial charge in [0.25, 0.3) is 0 Å². The van der Waals surface area contributed by atoms with Crippen molar-refractivity contribution in [1.82, 2.24) is 0 Å². The minimum Gasteiger partial charge on any atom is -0.388 e. The fraction of sp³-hybridized carbons (Fsp3) is 1.00. The predicted molar refractivity (Wildman–Crippen MR) is 80.4 cm³/mol. The molecule has 142 valence electrons. The molecule has 9 heteroatoms. The molecule has 2 aliphatic rings. The lowest BCUT2D eigenvalue weighted by Crippen LogP contribution is -2.63. The van der Waals surface area contributed by atoms with E-state index < -0.39 is 55.3 Å². The summed E-state index contributed by atoms with van der Waals surface area (Å²) >= 11 is 0. The van der Waals surface area contributed by atoms with Gasteiger partial charge in [-0.2, -0.15) is 0 Å². The van der Waals surface area contributed by atoms with Crippen molar-refractivity contribution in [3.63, 3.8) is 0 Å². The van der Waals surface area contributed by atoms with Crippen molar-refractivity contribution in [1.29, 1.82) is 0 Å². The van der Waals surface area contributed by atoms with E-state index in [9.17, 15) is 10.2 Å². The summed E-state index contributed by atoms with van der Waals surface area (Å²) in [5.41, 5.74) is 0. The van der Waals surface area contributed by atoms with E-state index in [1.54, 1.807) is 6.92 Å². The van der Waals surface area contributed by atoms with Crippen LogP contribution in [-0.4, -0.2) is 101 Å². The first kappa shape index (κ1) is 20.0. The van der Waals surface area contributed by atoms with E-state index in [4.69, 9.17) is 33.2 Å². The molecule has 0 aromatic heterocycles. The summed E-state index contributed by atoms with van der Waals surface area (Å²) in [5, 5.41) is 20.2. The van der Waals surface area contributed by atoms with Gasteiger partial charge in [0, 0.05) is 28.4 Å². The minimum atomic E-state index is -1.14. The summed E-state index contributed by atoms with van der Waals surface area (Å²) in [5.74, 6) is 0. The SMILES string of the molecule is CO[C@@H]1[C@H](O[C@H]2[C@H](OC)COC(O)[C@@H]2OC)O[C@@H](C)[C@@H](O)[C@H]1OC. The fourth-order valence-electron chi connectivity index (χ4n) is 3.14. The number of rotatable bonds is 6. The monoisotopic (exact) mass is 352 g/mol. The zero-order valence-electron chi connectivity index (χ0n) is 14.7. The van der Waals surface area contributed by atoms with Crippen molar-refractivity contribution in [3.05, 3.63) is 0 Å². The Balaban J connectivity index is 2.18. The molecule has 0 bridgehead atoms. The Morgan fingerprint density at radius 1 is 0.833 bits per heavy atom. The standard InChI is InChI=1S/C15H28O9/c1-7-9(16)11(19-3)13(21-5)15(23-7)24-10-8(18-2)6-22-14(17)12(10)20-4/h7-17H,6H2,1-5H3/t7-,8+,9+,10-,11+,12+,13-,14?,15-/m0/s1. The van der Waals surface area contributed by atoms with Crippen LogP contribution in [0.4, 0.5) is 0 Å². The average molecular weight is 352 g/mol. The van der Waals surface area contributed by atoms with Gasteiger partial charge in [-0.15, -0.1) is 0 Å². The first-order valence-electron chi connectivity index (χ1n) is 7.88. The number of aliphatic hydroxyl groups is 2. The van der Waals surface area contributed by atoms with Gasteiger partial charge in [-0.25, -0.2) is 0 Å². The van der Waals surface area contributed by atoms with Crippen LogP contribution >= 0.6 is 0 Å². The third kappa shape index (κ3) is 3.90. The molecule has 9 atom stereocenters. The highest BCUT2D eigenvalue weighted by Crippen LogP contribution is 2.30. The van der Waals surface area contributed by atoms with Crippen LogP contribution in [0.2, 0.25) is 0 Å². The quantitative estimate of drug-likeness (QED) is 0.615.